The number of carbonyl (C=O) groups is 1. The van der Waals surface area contributed by atoms with Crippen LogP contribution in [-0.2, 0) is 4.79 Å². The first-order valence-corrected chi connectivity index (χ1v) is 4.62. The minimum atomic E-state index is -0.184. The van der Waals surface area contributed by atoms with Gasteiger partial charge in [-0.25, -0.2) is 0 Å². The number of hydrogen-bond donors (Lipinski definition) is 1. The Balaban J connectivity index is 4.00. The van der Waals surface area contributed by atoms with Gasteiger partial charge in [0.1, 0.15) is 0 Å². The highest BCUT2D eigenvalue weighted by molar-refractivity contribution is 5.81. The first-order valence-electron chi connectivity index (χ1n) is 4.62. The fourth-order valence-electron chi connectivity index (χ4n) is 1.11. The summed E-state index contributed by atoms with van der Waals surface area (Å²) < 4.78 is 0. The van der Waals surface area contributed by atoms with E-state index in [9.17, 15) is 4.79 Å². The van der Waals surface area contributed by atoms with Gasteiger partial charge in [0.2, 0.25) is 5.91 Å². The number of amides is 1. The molecule has 0 aromatic heterocycles. The molecule has 0 aromatic carbocycles. The first kappa shape index (κ1) is 12.0. The fraction of sp³-hybridized carbons (Fsp3) is 0.700. The van der Waals surface area contributed by atoms with Crippen LogP contribution in [0.5, 0.6) is 0 Å². The van der Waals surface area contributed by atoms with Crippen LogP contribution in [0.25, 0.3) is 0 Å². The van der Waals surface area contributed by atoms with Crippen molar-refractivity contribution in [2.75, 3.05) is 19.6 Å². The van der Waals surface area contributed by atoms with Crippen LogP contribution >= 0.6 is 0 Å². The van der Waals surface area contributed by atoms with Gasteiger partial charge in [-0.05, 0) is 20.8 Å². The Morgan fingerprint density at radius 2 is 2.08 bits per heavy atom. The summed E-state index contributed by atoms with van der Waals surface area (Å²) in [5.41, 5.74) is 0. The van der Waals surface area contributed by atoms with Crippen molar-refractivity contribution in [3.63, 3.8) is 0 Å². The summed E-state index contributed by atoms with van der Waals surface area (Å²) in [6, 6.07) is -0.184. The lowest BCUT2D eigenvalue weighted by atomic mass is 10.3. The summed E-state index contributed by atoms with van der Waals surface area (Å²) >= 11 is 0. The van der Waals surface area contributed by atoms with E-state index >= 15 is 0 Å². The fourth-order valence-corrected chi connectivity index (χ4v) is 1.11. The van der Waals surface area contributed by atoms with Gasteiger partial charge in [0, 0.05) is 13.1 Å². The molecule has 0 saturated heterocycles. The number of rotatable bonds is 5. The second kappa shape index (κ2) is 6.50. The van der Waals surface area contributed by atoms with Gasteiger partial charge in [0.25, 0.3) is 0 Å². The predicted octanol–water partition coefficient (Wildman–Crippen LogP) is 0.466. The van der Waals surface area contributed by atoms with E-state index < -0.39 is 0 Å². The van der Waals surface area contributed by atoms with E-state index in [1.54, 1.807) is 4.90 Å². The molecule has 1 unspecified atom stereocenters. The number of carbonyl (C=O) groups excluding carboxylic acids is 1. The van der Waals surface area contributed by atoms with Crippen LogP contribution in [0.3, 0.4) is 0 Å². The zero-order valence-corrected chi connectivity index (χ0v) is 8.63. The van der Waals surface area contributed by atoms with Crippen molar-refractivity contribution in [3.8, 4) is 12.3 Å². The van der Waals surface area contributed by atoms with Crippen LogP contribution in [0.4, 0.5) is 0 Å². The average molecular weight is 182 g/mol. The molecular formula is C10H18N2O. The number of terminal acetylenes is 1. The molecule has 1 amide bonds. The molecule has 0 heterocycles. The monoisotopic (exact) mass is 182 g/mol. The minimum Gasteiger partial charge on any atom is -0.342 e. The maximum Gasteiger partial charge on any atom is 0.239 e. The summed E-state index contributed by atoms with van der Waals surface area (Å²) in [5.74, 6) is 2.56. The summed E-state index contributed by atoms with van der Waals surface area (Å²) in [5, 5.41) is 2.95. The third-order valence-corrected chi connectivity index (χ3v) is 1.96. The van der Waals surface area contributed by atoms with Gasteiger partial charge < -0.3 is 4.90 Å². The van der Waals surface area contributed by atoms with Crippen molar-refractivity contribution in [2.45, 2.75) is 26.8 Å². The topological polar surface area (TPSA) is 32.3 Å². The van der Waals surface area contributed by atoms with Crippen molar-refractivity contribution in [1.82, 2.24) is 10.2 Å². The van der Waals surface area contributed by atoms with Gasteiger partial charge in [0.15, 0.2) is 0 Å². The van der Waals surface area contributed by atoms with Crippen LogP contribution in [0.15, 0.2) is 0 Å². The van der Waals surface area contributed by atoms with Gasteiger partial charge in [-0.3, -0.25) is 10.1 Å². The second-order valence-corrected chi connectivity index (χ2v) is 2.82. The highest BCUT2D eigenvalue weighted by Crippen LogP contribution is 1.93. The summed E-state index contributed by atoms with van der Waals surface area (Å²) in [6.45, 7) is 7.70. The number of likely N-dealkylation sites (N-methyl/N-ethyl adjacent to an activating group) is 1. The molecule has 3 heteroatoms. The van der Waals surface area contributed by atoms with Crippen LogP contribution in [0.2, 0.25) is 0 Å². The normalized spacial score (nSPS) is 11.8. The van der Waals surface area contributed by atoms with E-state index in [4.69, 9.17) is 6.42 Å². The van der Waals surface area contributed by atoms with Crippen molar-refractivity contribution in [2.24, 2.45) is 0 Å². The molecule has 13 heavy (non-hydrogen) atoms. The molecule has 0 spiro atoms. The maximum absolute atomic E-state index is 11.6. The Morgan fingerprint density at radius 1 is 1.54 bits per heavy atom. The molecule has 74 valence electrons. The quantitative estimate of drug-likeness (QED) is 0.627. The van der Waals surface area contributed by atoms with Gasteiger partial charge in [-0.15, -0.1) is 6.42 Å². The molecule has 0 aliphatic rings. The first-order chi connectivity index (χ1) is 6.17. The second-order valence-electron chi connectivity index (χ2n) is 2.82. The average Bonchev–Trinajstić information content (AvgIpc) is 2.15. The van der Waals surface area contributed by atoms with E-state index in [0.717, 1.165) is 13.1 Å². The van der Waals surface area contributed by atoms with E-state index in [2.05, 4.69) is 11.2 Å². The molecular weight excluding hydrogens is 164 g/mol. The van der Waals surface area contributed by atoms with Crippen molar-refractivity contribution in [3.05, 3.63) is 0 Å². The molecule has 1 atom stereocenters. The Morgan fingerprint density at radius 3 is 2.46 bits per heavy atom. The molecule has 0 fully saturated rings. The van der Waals surface area contributed by atoms with Gasteiger partial charge >= 0.3 is 0 Å². The zero-order chi connectivity index (χ0) is 10.3. The Hall–Kier alpha value is -1.01. The molecule has 1 N–H and O–H groups in total. The smallest absolute Gasteiger partial charge is 0.239 e. The third kappa shape index (κ3) is 3.95. The van der Waals surface area contributed by atoms with E-state index in [1.807, 2.05) is 20.8 Å². The van der Waals surface area contributed by atoms with Gasteiger partial charge in [-0.2, -0.15) is 0 Å². The SMILES string of the molecule is C#CCNC(C)C(=O)N(CC)CC. The van der Waals surface area contributed by atoms with E-state index in [0.29, 0.717) is 6.54 Å². The van der Waals surface area contributed by atoms with Gasteiger partial charge in [0.05, 0.1) is 12.6 Å². The third-order valence-electron chi connectivity index (χ3n) is 1.96. The van der Waals surface area contributed by atoms with E-state index in [1.165, 1.54) is 0 Å². The number of nitrogens with one attached hydrogen (secondary N) is 1. The molecule has 0 aliphatic carbocycles. The lowest BCUT2D eigenvalue weighted by molar-refractivity contribution is -0.132. The Kier molecular flexibility index (Phi) is 5.99. The number of nitrogens with zero attached hydrogens (tertiary/aromatic N) is 1. The molecule has 0 aromatic rings. The summed E-state index contributed by atoms with van der Waals surface area (Å²) in [7, 11) is 0. The van der Waals surface area contributed by atoms with Crippen LogP contribution in [-0.4, -0.2) is 36.5 Å². The Bertz CT molecular complexity index is 192. The van der Waals surface area contributed by atoms with Crippen molar-refractivity contribution < 1.29 is 4.79 Å². The Labute approximate surface area is 80.5 Å². The molecule has 0 radical (unpaired) electrons. The maximum atomic E-state index is 11.6. The predicted molar refractivity (Wildman–Crippen MR) is 54.2 cm³/mol. The van der Waals surface area contributed by atoms with Crippen LogP contribution in [0, 0.1) is 12.3 Å². The lowest BCUT2D eigenvalue weighted by Gasteiger charge is -2.22. The lowest BCUT2D eigenvalue weighted by Crippen LogP contribution is -2.44. The van der Waals surface area contributed by atoms with Crippen LogP contribution in [0.1, 0.15) is 20.8 Å². The number of hydrogen-bond acceptors (Lipinski definition) is 2. The molecule has 0 saturated carbocycles. The minimum absolute atomic E-state index is 0.111. The molecule has 0 bridgehead atoms. The van der Waals surface area contributed by atoms with Crippen LogP contribution < -0.4 is 5.32 Å². The van der Waals surface area contributed by atoms with Gasteiger partial charge in [-0.1, -0.05) is 5.92 Å². The molecule has 0 aliphatic heterocycles. The zero-order valence-electron chi connectivity index (χ0n) is 8.63. The summed E-state index contributed by atoms with van der Waals surface area (Å²) in [4.78, 5) is 13.4. The molecule has 0 rings (SSSR count). The van der Waals surface area contributed by atoms with Crippen molar-refractivity contribution in [1.29, 1.82) is 0 Å². The largest absolute Gasteiger partial charge is 0.342 e. The highest BCUT2D eigenvalue weighted by atomic mass is 16.2. The highest BCUT2D eigenvalue weighted by Gasteiger charge is 2.16. The standard InChI is InChI=1S/C10H18N2O/c1-5-8-11-9(4)10(13)12(6-2)7-3/h1,9,11H,6-8H2,2-4H3. The van der Waals surface area contributed by atoms with E-state index in [-0.39, 0.29) is 11.9 Å². The van der Waals surface area contributed by atoms with Crippen molar-refractivity contribution >= 4 is 5.91 Å². The molecule has 3 nitrogen and oxygen atoms in total. The summed E-state index contributed by atoms with van der Waals surface area (Å²) in [6.07, 6.45) is 5.08.